The Morgan fingerprint density at radius 2 is 1.66 bits per heavy atom. The summed E-state index contributed by atoms with van der Waals surface area (Å²) in [7, 11) is 0. The van der Waals surface area contributed by atoms with E-state index in [0.717, 1.165) is 0 Å². The maximum Gasteiger partial charge on any atom is 0.267 e. The molecule has 3 aromatic rings. The average Bonchev–Trinajstić information content (AvgIpc) is 2.80. The zero-order chi connectivity index (χ0) is 22.9. The van der Waals surface area contributed by atoms with Crippen LogP contribution in [0.25, 0.3) is 6.08 Å². The third-order valence-corrected chi connectivity index (χ3v) is 4.61. The summed E-state index contributed by atoms with van der Waals surface area (Å²) in [4.78, 5) is 25.1. The molecule has 0 aliphatic carbocycles. The number of aliphatic hydroxyl groups is 1. The molecule has 3 aromatic carbocycles. The third-order valence-electron chi connectivity index (χ3n) is 4.29. The second-order valence-corrected chi connectivity index (χ2v) is 7.02. The van der Waals surface area contributed by atoms with Crippen LogP contribution in [0.2, 0.25) is 5.02 Å². The van der Waals surface area contributed by atoms with Gasteiger partial charge in [-0.1, -0.05) is 48.0 Å². The summed E-state index contributed by atoms with van der Waals surface area (Å²) < 4.78 is 5.75. The smallest absolute Gasteiger partial charge is 0.267 e. The first-order chi connectivity index (χ1) is 15.5. The number of halogens is 1. The molecule has 0 atom stereocenters. The number of phenols is 1. The molecule has 0 saturated heterocycles. The van der Waals surface area contributed by atoms with Gasteiger partial charge in [-0.2, -0.15) is 0 Å². The van der Waals surface area contributed by atoms with Crippen molar-refractivity contribution in [1.82, 2.24) is 10.6 Å². The molecule has 32 heavy (non-hydrogen) atoms. The van der Waals surface area contributed by atoms with Gasteiger partial charge in [-0.05, 0) is 48.0 Å². The number of ether oxygens (including phenoxy) is 1. The molecule has 0 radical (unpaired) electrons. The van der Waals surface area contributed by atoms with E-state index >= 15 is 0 Å². The molecule has 0 aliphatic heterocycles. The second-order valence-electron chi connectivity index (χ2n) is 6.61. The fraction of sp³-hybridized carbons (Fsp3) is 0.0833. The predicted octanol–water partition coefficient (Wildman–Crippen LogP) is 3.72. The topological polar surface area (TPSA) is 108 Å². The molecular formula is C24H21ClN2O5. The van der Waals surface area contributed by atoms with Gasteiger partial charge in [0.15, 0.2) is 0 Å². The molecule has 0 saturated carbocycles. The quantitative estimate of drug-likeness (QED) is 0.390. The summed E-state index contributed by atoms with van der Waals surface area (Å²) >= 11 is 6.11. The first-order valence-corrected chi connectivity index (χ1v) is 10.1. The number of hydrogen-bond donors (Lipinski definition) is 4. The standard InChI is InChI=1S/C24H21ClN2O5/c25-19-6-2-4-8-22(19)32-17-11-9-16(10-12-17)15-20(24(31)26-13-14-28)27-23(30)18-5-1-3-7-21(18)29/h1-12,15,28-29H,13-14H2,(H,26,31)(H,27,30). The van der Waals surface area contributed by atoms with Gasteiger partial charge < -0.3 is 25.6 Å². The summed E-state index contributed by atoms with van der Waals surface area (Å²) in [5, 5.41) is 24.4. The van der Waals surface area contributed by atoms with Crippen LogP contribution in [0.15, 0.2) is 78.5 Å². The number of phenolic OH excluding ortho intramolecular Hbond substituents is 1. The van der Waals surface area contributed by atoms with Gasteiger partial charge in [-0.15, -0.1) is 0 Å². The monoisotopic (exact) mass is 452 g/mol. The fourth-order valence-corrected chi connectivity index (χ4v) is 2.91. The lowest BCUT2D eigenvalue weighted by atomic mass is 10.1. The van der Waals surface area contributed by atoms with E-state index in [2.05, 4.69) is 10.6 Å². The lowest BCUT2D eigenvalue weighted by Gasteiger charge is -2.12. The van der Waals surface area contributed by atoms with Crippen LogP contribution < -0.4 is 15.4 Å². The fourth-order valence-electron chi connectivity index (χ4n) is 2.73. The average molecular weight is 453 g/mol. The van der Waals surface area contributed by atoms with Crippen molar-refractivity contribution in [2.24, 2.45) is 0 Å². The number of carbonyl (C=O) groups excluding carboxylic acids is 2. The Morgan fingerprint density at radius 3 is 2.34 bits per heavy atom. The Hall–Kier alpha value is -3.81. The van der Waals surface area contributed by atoms with E-state index in [-0.39, 0.29) is 30.2 Å². The lowest BCUT2D eigenvalue weighted by molar-refractivity contribution is -0.117. The first-order valence-electron chi connectivity index (χ1n) is 9.70. The minimum absolute atomic E-state index is 0.0211. The second kappa shape index (κ2) is 11.0. The van der Waals surface area contributed by atoms with Crippen LogP contribution in [0.3, 0.4) is 0 Å². The van der Waals surface area contributed by atoms with Crippen molar-refractivity contribution in [1.29, 1.82) is 0 Å². The van der Waals surface area contributed by atoms with Gasteiger partial charge in [-0.25, -0.2) is 0 Å². The van der Waals surface area contributed by atoms with Crippen molar-refractivity contribution in [3.63, 3.8) is 0 Å². The van der Waals surface area contributed by atoms with Crippen molar-refractivity contribution < 1.29 is 24.5 Å². The summed E-state index contributed by atoms with van der Waals surface area (Å²) in [6, 6.07) is 19.9. The lowest BCUT2D eigenvalue weighted by Crippen LogP contribution is -2.36. The summed E-state index contributed by atoms with van der Waals surface area (Å²) in [5.41, 5.74) is 0.589. The van der Waals surface area contributed by atoms with Crippen LogP contribution in [0, 0.1) is 0 Å². The largest absolute Gasteiger partial charge is 0.507 e. The molecule has 2 amide bonds. The molecule has 0 bridgehead atoms. The highest BCUT2D eigenvalue weighted by Gasteiger charge is 2.16. The van der Waals surface area contributed by atoms with Gasteiger partial charge in [0, 0.05) is 6.54 Å². The van der Waals surface area contributed by atoms with E-state index in [9.17, 15) is 14.7 Å². The molecule has 7 nitrogen and oxygen atoms in total. The number of benzene rings is 3. The Balaban J connectivity index is 1.81. The maximum absolute atomic E-state index is 12.6. The molecule has 164 valence electrons. The first kappa shape index (κ1) is 22.9. The minimum Gasteiger partial charge on any atom is -0.507 e. The van der Waals surface area contributed by atoms with E-state index in [4.69, 9.17) is 21.4 Å². The molecule has 0 unspecified atom stereocenters. The van der Waals surface area contributed by atoms with Gasteiger partial charge in [0.25, 0.3) is 11.8 Å². The number of nitrogens with one attached hydrogen (secondary N) is 2. The molecule has 0 aromatic heterocycles. The molecule has 8 heteroatoms. The van der Waals surface area contributed by atoms with E-state index in [0.29, 0.717) is 22.1 Å². The van der Waals surface area contributed by atoms with Crippen LogP contribution in [-0.4, -0.2) is 35.2 Å². The number of hydrogen-bond acceptors (Lipinski definition) is 5. The molecule has 3 rings (SSSR count). The van der Waals surface area contributed by atoms with Crippen LogP contribution in [-0.2, 0) is 4.79 Å². The van der Waals surface area contributed by atoms with Crippen molar-refractivity contribution in [2.45, 2.75) is 0 Å². The highest BCUT2D eigenvalue weighted by Crippen LogP contribution is 2.29. The van der Waals surface area contributed by atoms with E-state index in [1.807, 2.05) is 6.07 Å². The Morgan fingerprint density at radius 1 is 0.969 bits per heavy atom. The van der Waals surface area contributed by atoms with Crippen LogP contribution >= 0.6 is 11.6 Å². The van der Waals surface area contributed by atoms with Gasteiger partial charge in [-0.3, -0.25) is 9.59 Å². The van der Waals surface area contributed by atoms with Crippen molar-refractivity contribution in [3.05, 3.63) is 94.6 Å². The van der Waals surface area contributed by atoms with Crippen molar-refractivity contribution in [2.75, 3.05) is 13.2 Å². The van der Waals surface area contributed by atoms with E-state index in [1.165, 1.54) is 18.2 Å². The van der Waals surface area contributed by atoms with Crippen LogP contribution in [0.1, 0.15) is 15.9 Å². The number of aromatic hydroxyl groups is 1. The Bertz CT molecular complexity index is 1130. The number of carbonyl (C=O) groups is 2. The van der Waals surface area contributed by atoms with E-state index in [1.54, 1.807) is 54.6 Å². The Labute approximate surface area is 189 Å². The molecule has 0 spiro atoms. The number of rotatable bonds is 8. The zero-order valence-electron chi connectivity index (χ0n) is 16.9. The van der Waals surface area contributed by atoms with Gasteiger partial charge in [0.05, 0.1) is 17.2 Å². The summed E-state index contributed by atoms with van der Waals surface area (Å²) in [5.74, 6) is -0.385. The molecule has 0 fully saturated rings. The zero-order valence-corrected chi connectivity index (χ0v) is 17.7. The van der Waals surface area contributed by atoms with Crippen LogP contribution in [0.5, 0.6) is 17.2 Å². The number of para-hydroxylation sites is 2. The SMILES string of the molecule is O=C(NCCO)C(=Cc1ccc(Oc2ccccc2Cl)cc1)NC(=O)c1ccccc1O. The maximum atomic E-state index is 12.6. The van der Waals surface area contributed by atoms with Gasteiger partial charge in [0.1, 0.15) is 22.9 Å². The minimum atomic E-state index is -0.646. The van der Waals surface area contributed by atoms with Crippen LogP contribution in [0.4, 0.5) is 0 Å². The highest BCUT2D eigenvalue weighted by atomic mass is 35.5. The third kappa shape index (κ3) is 6.10. The predicted molar refractivity (Wildman–Crippen MR) is 122 cm³/mol. The normalized spacial score (nSPS) is 11.0. The summed E-state index contributed by atoms with van der Waals surface area (Å²) in [6.07, 6.45) is 1.48. The van der Waals surface area contributed by atoms with Gasteiger partial charge >= 0.3 is 0 Å². The highest BCUT2D eigenvalue weighted by molar-refractivity contribution is 6.32. The molecule has 0 heterocycles. The summed E-state index contributed by atoms with van der Waals surface area (Å²) in [6.45, 7) is -0.228. The Kier molecular flexibility index (Phi) is 7.85. The van der Waals surface area contributed by atoms with Crippen molar-refractivity contribution in [3.8, 4) is 17.2 Å². The van der Waals surface area contributed by atoms with E-state index < -0.39 is 11.8 Å². The number of amides is 2. The van der Waals surface area contributed by atoms with Crippen molar-refractivity contribution >= 4 is 29.5 Å². The molecule has 4 N–H and O–H groups in total. The van der Waals surface area contributed by atoms with Gasteiger partial charge in [0.2, 0.25) is 0 Å². The number of aliphatic hydroxyl groups excluding tert-OH is 1. The molecule has 0 aliphatic rings. The molecular weight excluding hydrogens is 432 g/mol.